The molecule has 1 saturated heterocycles. The fourth-order valence-electron chi connectivity index (χ4n) is 1.75. The van der Waals surface area contributed by atoms with Crippen LogP contribution in [0, 0.1) is 5.92 Å². The first-order valence-corrected chi connectivity index (χ1v) is 6.26. The monoisotopic (exact) mass is 245 g/mol. The topological polar surface area (TPSA) is 3.24 Å². The van der Waals surface area contributed by atoms with Crippen molar-refractivity contribution in [2.75, 3.05) is 25.0 Å². The molecule has 0 aromatic heterocycles. The van der Waals surface area contributed by atoms with Crippen molar-refractivity contribution in [1.29, 1.82) is 0 Å². The van der Waals surface area contributed by atoms with E-state index >= 15 is 0 Å². The number of piperidine rings is 1. The summed E-state index contributed by atoms with van der Waals surface area (Å²) in [6.45, 7) is 8.05. The lowest BCUT2D eigenvalue weighted by Gasteiger charge is -2.31. The highest BCUT2D eigenvalue weighted by Gasteiger charge is 2.17. The van der Waals surface area contributed by atoms with Crippen molar-refractivity contribution in [3.05, 3.63) is 11.6 Å². The van der Waals surface area contributed by atoms with E-state index in [1.165, 1.54) is 36.8 Å². The third-order valence-electron chi connectivity index (χ3n) is 2.58. The normalized spacial score (nSPS) is 24.4. The van der Waals surface area contributed by atoms with Gasteiger partial charge in [-0.15, -0.1) is 0 Å². The first kappa shape index (κ1) is 11.3. The fraction of sp³-hybridized carbons (Fsp3) is 0.818. The van der Waals surface area contributed by atoms with E-state index in [1.54, 1.807) is 0 Å². The SMILES string of the molecule is CC(C)=CCN1CCCC(CBr)C1. The van der Waals surface area contributed by atoms with Crippen molar-refractivity contribution in [1.82, 2.24) is 4.90 Å². The van der Waals surface area contributed by atoms with Crippen LogP contribution in [0.15, 0.2) is 11.6 Å². The number of nitrogens with zero attached hydrogens (tertiary/aromatic N) is 1. The van der Waals surface area contributed by atoms with Gasteiger partial charge in [0.15, 0.2) is 0 Å². The quantitative estimate of drug-likeness (QED) is 0.546. The molecule has 0 spiro atoms. The minimum Gasteiger partial charge on any atom is -0.299 e. The van der Waals surface area contributed by atoms with E-state index in [1.807, 2.05) is 0 Å². The molecule has 1 fully saturated rings. The third kappa shape index (κ3) is 4.28. The molecule has 1 unspecified atom stereocenters. The van der Waals surface area contributed by atoms with Gasteiger partial charge < -0.3 is 0 Å². The molecule has 0 radical (unpaired) electrons. The summed E-state index contributed by atoms with van der Waals surface area (Å²) >= 11 is 3.58. The van der Waals surface area contributed by atoms with Crippen LogP contribution >= 0.6 is 15.9 Å². The molecule has 1 aliphatic heterocycles. The average Bonchev–Trinajstić information content (AvgIpc) is 2.15. The van der Waals surface area contributed by atoms with Gasteiger partial charge in [-0.1, -0.05) is 27.6 Å². The van der Waals surface area contributed by atoms with Crippen LogP contribution in [-0.2, 0) is 0 Å². The summed E-state index contributed by atoms with van der Waals surface area (Å²) in [6, 6.07) is 0. The molecule has 0 aromatic rings. The highest BCUT2D eigenvalue weighted by atomic mass is 79.9. The van der Waals surface area contributed by atoms with E-state index < -0.39 is 0 Å². The summed E-state index contributed by atoms with van der Waals surface area (Å²) in [5.74, 6) is 0.874. The maximum absolute atomic E-state index is 3.58. The molecular formula is C11H20BrN. The number of alkyl halides is 1. The van der Waals surface area contributed by atoms with Gasteiger partial charge in [0, 0.05) is 18.4 Å². The Balaban J connectivity index is 2.30. The lowest BCUT2D eigenvalue weighted by atomic mass is 10.0. The number of halogens is 1. The first-order valence-electron chi connectivity index (χ1n) is 5.14. The molecule has 2 heteroatoms. The fourth-order valence-corrected chi connectivity index (χ4v) is 2.28. The molecule has 1 aliphatic rings. The van der Waals surface area contributed by atoms with Crippen molar-refractivity contribution >= 4 is 15.9 Å². The summed E-state index contributed by atoms with van der Waals surface area (Å²) in [7, 11) is 0. The second kappa shape index (κ2) is 5.82. The molecule has 0 aliphatic carbocycles. The van der Waals surface area contributed by atoms with Gasteiger partial charge in [-0.25, -0.2) is 0 Å². The van der Waals surface area contributed by atoms with Crippen molar-refractivity contribution in [2.24, 2.45) is 5.92 Å². The Morgan fingerprint density at radius 1 is 1.54 bits per heavy atom. The number of hydrogen-bond acceptors (Lipinski definition) is 1. The molecule has 1 nitrogen and oxygen atoms in total. The maximum Gasteiger partial charge on any atom is 0.0165 e. The smallest absolute Gasteiger partial charge is 0.0165 e. The zero-order valence-electron chi connectivity index (χ0n) is 8.72. The van der Waals surface area contributed by atoms with Gasteiger partial charge >= 0.3 is 0 Å². The van der Waals surface area contributed by atoms with Gasteiger partial charge in [0.25, 0.3) is 0 Å². The molecular weight excluding hydrogens is 226 g/mol. The molecule has 0 aromatic carbocycles. The van der Waals surface area contributed by atoms with Gasteiger partial charge in [0.05, 0.1) is 0 Å². The molecule has 0 saturated carbocycles. The van der Waals surface area contributed by atoms with E-state index in [0.717, 1.165) is 12.5 Å². The highest BCUT2D eigenvalue weighted by Crippen LogP contribution is 2.17. The summed E-state index contributed by atoms with van der Waals surface area (Å²) in [6.07, 6.45) is 5.10. The minimum atomic E-state index is 0.874. The van der Waals surface area contributed by atoms with E-state index in [9.17, 15) is 0 Å². The van der Waals surface area contributed by atoms with Crippen LogP contribution in [0.1, 0.15) is 26.7 Å². The van der Waals surface area contributed by atoms with Gasteiger partial charge in [0.2, 0.25) is 0 Å². The van der Waals surface area contributed by atoms with Crippen molar-refractivity contribution in [3.8, 4) is 0 Å². The number of likely N-dealkylation sites (tertiary alicyclic amines) is 1. The van der Waals surface area contributed by atoms with Crippen molar-refractivity contribution in [2.45, 2.75) is 26.7 Å². The minimum absolute atomic E-state index is 0.874. The van der Waals surface area contributed by atoms with Crippen LogP contribution in [0.3, 0.4) is 0 Å². The second-order valence-electron chi connectivity index (χ2n) is 4.20. The van der Waals surface area contributed by atoms with Crippen LogP contribution in [0.25, 0.3) is 0 Å². The lowest BCUT2D eigenvalue weighted by molar-refractivity contribution is 0.204. The lowest BCUT2D eigenvalue weighted by Crippen LogP contribution is -2.36. The van der Waals surface area contributed by atoms with Crippen LogP contribution < -0.4 is 0 Å². The van der Waals surface area contributed by atoms with E-state index in [0.29, 0.717) is 0 Å². The zero-order chi connectivity index (χ0) is 9.68. The van der Waals surface area contributed by atoms with Gasteiger partial charge in [-0.3, -0.25) is 4.90 Å². The van der Waals surface area contributed by atoms with E-state index in [-0.39, 0.29) is 0 Å². The number of hydrogen-bond donors (Lipinski definition) is 0. The Bertz CT molecular complexity index is 173. The Morgan fingerprint density at radius 3 is 2.92 bits per heavy atom. The standard InChI is InChI=1S/C11H20BrN/c1-10(2)5-7-13-6-3-4-11(8-12)9-13/h5,11H,3-4,6-9H2,1-2H3. The molecule has 76 valence electrons. The van der Waals surface area contributed by atoms with Crippen LogP contribution in [0.4, 0.5) is 0 Å². The van der Waals surface area contributed by atoms with Crippen molar-refractivity contribution < 1.29 is 0 Å². The summed E-state index contributed by atoms with van der Waals surface area (Å²) in [5.41, 5.74) is 1.43. The van der Waals surface area contributed by atoms with E-state index in [4.69, 9.17) is 0 Å². The molecule has 1 heterocycles. The summed E-state index contributed by atoms with van der Waals surface area (Å²) in [4.78, 5) is 2.56. The Labute approximate surface area is 90.3 Å². The maximum atomic E-state index is 3.58. The first-order chi connectivity index (χ1) is 6.22. The van der Waals surface area contributed by atoms with Gasteiger partial charge in [-0.2, -0.15) is 0 Å². The predicted octanol–water partition coefficient (Wildman–Crippen LogP) is 3.06. The van der Waals surface area contributed by atoms with Gasteiger partial charge in [0.1, 0.15) is 0 Å². The number of rotatable bonds is 3. The third-order valence-corrected chi connectivity index (χ3v) is 3.49. The molecule has 13 heavy (non-hydrogen) atoms. The second-order valence-corrected chi connectivity index (χ2v) is 4.85. The van der Waals surface area contributed by atoms with Crippen LogP contribution in [0.5, 0.6) is 0 Å². The van der Waals surface area contributed by atoms with Crippen LogP contribution in [-0.4, -0.2) is 29.9 Å². The van der Waals surface area contributed by atoms with Crippen LogP contribution in [0.2, 0.25) is 0 Å². The average molecular weight is 246 g/mol. The molecule has 1 rings (SSSR count). The van der Waals surface area contributed by atoms with Gasteiger partial charge in [-0.05, 0) is 39.2 Å². The van der Waals surface area contributed by atoms with E-state index in [2.05, 4.69) is 40.8 Å². The number of allylic oxidation sites excluding steroid dienone is 1. The summed E-state index contributed by atoms with van der Waals surface area (Å²) < 4.78 is 0. The molecule has 1 atom stereocenters. The highest BCUT2D eigenvalue weighted by molar-refractivity contribution is 9.09. The molecule has 0 N–H and O–H groups in total. The molecule has 0 amide bonds. The van der Waals surface area contributed by atoms with Crippen molar-refractivity contribution in [3.63, 3.8) is 0 Å². The zero-order valence-corrected chi connectivity index (χ0v) is 10.3. The Morgan fingerprint density at radius 2 is 2.31 bits per heavy atom. The Kier molecular flexibility index (Phi) is 5.04. The Hall–Kier alpha value is 0.180. The largest absolute Gasteiger partial charge is 0.299 e. The molecule has 0 bridgehead atoms. The predicted molar refractivity (Wildman–Crippen MR) is 62.4 cm³/mol. The summed E-state index contributed by atoms with van der Waals surface area (Å²) in [5, 5.41) is 1.17.